The van der Waals surface area contributed by atoms with Crippen LogP contribution in [0.15, 0.2) is 0 Å². The van der Waals surface area contributed by atoms with E-state index in [-0.39, 0.29) is 6.10 Å². The predicted octanol–water partition coefficient (Wildman–Crippen LogP) is 2.34. The van der Waals surface area contributed by atoms with Gasteiger partial charge in [-0.05, 0) is 24.7 Å². The van der Waals surface area contributed by atoms with Gasteiger partial charge in [-0.25, -0.2) is 0 Å². The maximum absolute atomic E-state index is 9.65. The van der Waals surface area contributed by atoms with Crippen LogP contribution in [-0.4, -0.2) is 11.2 Å². The normalized spacial score (nSPS) is 45.0. The van der Waals surface area contributed by atoms with Crippen molar-refractivity contribution in [1.29, 1.82) is 0 Å². The molecular formula is C10H18O. The Labute approximate surface area is 68.8 Å². The molecule has 3 atom stereocenters. The molecule has 0 aromatic heterocycles. The average molecular weight is 154 g/mol. The quantitative estimate of drug-likeness (QED) is 0.568. The Kier molecular flexibility index (Phi) is 2.17. The minimum atomic E-state index is 0.0538. The Morgan fingerprint density at radius 2 is 1.64 bits per heavy atom. The number of rotatable bonds is 0. The first kappa shape index (κ1) is 7.60. The van der Waals surface area contributed by atoms with Gasteiger partial charge in [-0.3, -0.25) is 0 Å². The zero-order valence-electron chi connectivity index (χ0n) is 7.13. The van der Waals surface area contributed by atoms with E-state index in [1.807, 2.05) is 0 Å². The summed E-state index contributed by atoms with van der Waals surface area (Å²) in [5.74, 6) is 1.61. The van der Waals surface area contributed by atoms with Crippen LogP contribution in [0.25, 0.3) is 0 Å². The third-order valence-electron chi connectivity index (χ3n) is 3.30. The second-order valence-electron chi connectivity index (χ2n) is 4.22. The molecule has 2 fully saturated rings. The molecule has 0 aliphatic heterocycles. The molecule has 1 N–H and O–H groups in total. The van der Waals surface area contributed by atoms with Crippen LogP contribution in [0.2, 0.25) is 0 Å². The summed E-state index contributed by atoms with van der Waals surface area (Å²) in [6.45, 7) is 0. The summed E-state index contributed by atoms with van der Waals surface area (Å²) >= 11 is 0. The summed E-state index contributed by atoms with van der Waals surface area (Å²) in [5.41, 5.74) is 0. The molecule has 2 aliphatic carbocycles. The molecule has 0 aromatic rings. The topological polar surface area (TPSA) is 20.2 Å². The standard InChI is InChI=1S/C10H18O/c11-10-6-4-2-1-3-5-8-7-9(8)10/h8-11H,1-7H2/t8-,9+,10+/m1/s1. The molecule has 64 valence electrons. The highest BCUT2D eigenvalue weighted by molar-refractivity contribution is 4.91. The van der Waals surface area contributed by atoms with Gasteiger partial charge in [0.05, 0.1) is 6.10 Å². The van der Waals surface area contributed by atoms with E-state index in [9.17, 15) is 5.11 Å². The maximum Gasteiger partial charge on any atom is 0.0571 e. The summed E-state index contributed by atoms with van der Waals surface area (Å²) in [7, 11) is 0. The molecule has 11 heavy (non-hydrogen) atoms. The van der Waals surface area contributed by atoms with Gasteiger partial charge in [0.1, 0.15) is 0 Å². The first-order valence-electron chi connectivity index (χ1n) is 5.06. The smallest absolute Gasteiger partial charge is 0.0571 e. The summed E-state index contributed by atoms with van der Waals surface area (Å²) in [6.07, 6.45) is 9.24. The van der Waals surface area contributed by atoms with E-state index in [0.29, 0.717) is 5.92 Å². The Morgan fingerprint density at radius 3 is 2.45 bits per heavy atom. The lowest BCUT2D eigenvalue weighted by Crippen LogP contribution is -2.09. The Morgan fingerprint density at radius 1 is 0.909 bits per heavy atom. The van der Waals surface area contributed by atoms with Crippen LogP contribution in [0.4, 0.5) is 0 Å². The number of fused-ring (bicyclic) bond motifs is 1. The first-order chi connectivity index (χ1) is 5.38. The van der Waals surface area contributed by atoms with Crippen LogP contribution >= 0.6 is 0 Å². The lowest BCUT2D eigenvalue weighted by Gasteiger charge is -2.07. The van der Waals surface area contributed by atoms with Gasteiger partial charge in [0.2, 0.25) is 0 Å². The molecule has 2 saturated carbocycles. The van der Waals surface area contributed by atoms with Crippen LogP contribution in [0.5, 0.6) is 0 Å². The molecule has 1 heteroatoms. The maximum atomic E-state index is 9.65. The molecule has 0 saturated heterocycles. The molecule has 2 aliphatic rings. The van der Waals surface area contributed by atoms with Crippen LogP contribution in [0.3, 0.4) is 0 Å². The van der Waals surface area contributed by atoms with Crippen LogP contribution in [0.1, 0.15) is 44.9 Å². The Hall–Kier alpha value is -0.0400. The van der Waals surface area contributed by atoms with Gasteiger partial charge in [-0.1, -0.05) is 32.1 Å². The van der Waals surface area contributed by atoms with Gasteiger partial charge in [0.15, 0.2) is 0 Å². The van der Waals surface area contributed by atoms with Crippen molar-refractivity contribution in [3.8, 4) is 0 Å². The summed E-state index contributed by atoms with van der Waals surface area (Å²) in [6, 6.07) is 0. The second-order valence-corrected chi connectivity index (χ2v) is 4.22. The summed E-state index contributed by atoms with van der Waals surface area (Å²) in [4.78, 5) is 0. The largest absolute Gasteiger partial charge is 0.393 e. The van der Waals surface area contributed by atoms with E-state index in [1.54, 1.807) is 0 Å². The first-order valence-corrected chi connectivity index (χ1v) is 5.06. The molecule has 0 aromatic carbocycles. The average Bonchev–Trinajstić information content (AvgIpc) is 2.74. The number of hydrogen-bond donors (Lipinski definition) is 1. The second kappa shape index (κ2) is 3.14. The number of aliphatic hydroxyl groups is 1. The summed E-state index contributed by atoms with van der Waals surface area (Å²) < 4.78 is 0. The van der Waals surface area contributed by atoms with Crippen molar-refractivity contribution in [3.05, 3.63) is 0 Å². The van der Waals surface area contributed by atoms with Crippen molar-refractivity contribution in [2.45, 2.75) is 51.0 Å². The van der Waals surface area contributed by atoms with Gasteiger partial charge < -0.3 is 5.11 Å². The number of aliphatic hydroxyl groups excluding tert-OH is 1. The third kappa shape index (κ3) is 1.76. The van der Waals surface area contributed by atoms with Crippen molar-refractivity contribution in [2.75, 3.05) is 0 Å². The molecule has 2 rings (SSSR count). The fraction of sp³-hybridized carbons (Fsp3) is 1.00. The zero-order chi connectivity index (χ0) is 7.68. The predicted molar refractivity (Wildman–Crippen MR) is 45.3 cm³/mol. The monoisotopic (exact) mass is 154 g/mol. The van der Waals surface area contributed by atoms with Gasteiger partial charge >= 0.3 is 0 Å². The van der Waals surface area contributed by atoms with Crippen molar-refractivity contribution in [1.82, 2.24) is 0 Å². The van der Waals surface area contributed by atoms with E-state index in [1.165, 1.54) is 38.5 Å². The van der Waals surface area contributed by atoms with Crippen molar-refractivity contribution in [2.24, 2.45) is 11.8 Å². The lowest BCUT2D eigenvalue weighted by molar-refractivity contribution is 0.133. The Bertz CT molecular complexity index is 133. The molecule has 0 heterocycles. The molecule has 0 unspecified atom stereocenters. The molecular weight excluding hydrogens is 136 g/mol. The minimum absolute atomic E-state index is 0.0538. The highest BCUT2D eigenvalue weighted by Crippen LogP contribution is 2.46. The fourth-order valence-electron chi connectivity index (χ4n) is 2.40. The van der Waals surface area contributed by atoms with Crippen molar-refractivity contribution >= 4 is 0 Å². The van der Waals surface area contributed by atoms with E-state index in [0.717, 1.165) is 12.3 Å². The summed E-state index contributed by atoms with van der Waals surface area (Å²) in [5, 5.41) is 9.65. The highest BCUT2D eigenvalue weighted by atomic mass is 16.3. The van der Waals surface area contributed by atoms with Crippen LogP contribution in [-0.2, 0) is 0 Å². The molecule has 1 nitrogen and oxygen atoms in total. The van der Waals surface area contributed by atoms with E-state index >= 15 is 0 Å². The minimum Gasteiger partial charge on any atom is -0.393 e. The SMILES string of the molecule is O[C@H]1CCCCCC[C@@H]2C[C@@H]21. The van der Waals surface area contributed by atoms with E-state index in [4.69, 9.17) is 0 Å². The van der Waals surface area contributed by atoms with Crippen LogP contribution < -0.4 is 0 Å². The molecule has 0 spiro atoms. The Balaban J connectivity index is 1.85. The van der Waals surface area contributed by atoms with Gasteiger partial charge in [-0.15, -0.1) is 0 Å². The van der Waals surface area contributed by atoms with E-state index in [2.05, 4.69) is 0 Å². The van der Waals surface area contributed by atoms with Crippen LogP contribution in [0, 0.1) is 11.8 Å². The number of hydrogen-bond acceptors (Lipinski definition) is 1. The van der Waals surface area contributed by atoms with Gasteiger partial charge in [0.25, 0.3) is 0 Å². The molecule has 0 radical (unpaired) electrons. The third-order valence-corrected chi connectivity index (χ3v) is 3.30. The van der Waals surface area contributed by atoms with Crippen molar-refractivity contribution in [3.63, 3.8) is 0 Å². The zero-order valence-corrected chi connectivity index (χ0v) is 7.13. The molecule has 0 bridgehead atoms. The fourth-order valence-corrected chi connectivity index (χ4v) is 2.40. The van der Waals surface area contributed by atoms with E-state index < -0.39 is 0 Å². The van der Waals surface area contributed by atoms with Crippen molar-refractivity contribution < 1.29 is 5.11 Å². The highest BCUT2D eigenvalue weighted by Gasteiger charge is 2.41. The lowest BCUT2D eigenvalue weighted by atomic mass is 10.1. The molecule has 0 amide bonds. The van der Waals surface area contributed by atoms with Gasteiger partial charge in [0, 0.05) is 0 Å². The van der Waals surface area contributed by atoms with Gasteiger partial charge in [-0.2, -0.15) is 0 Å².